The largest absolute Gasteiger partial charge is 0.393 e. The van der Waals surface area contributed by atoms with E-state index in [1.165, 1.54) is 39.0 Å². The molecule has 0 saturated heterocycles. The summed E-state index contributed by atoms with van der Waals surface area (Å²) in [5.74, 6) is -0.640. The minimum absolute atomic E-state index is 0.294. The van der Waals surface area contributed by atoms with Gasteiger partial charge < -0.3 is 9.53 Å². The van der Waals surface area contributed by atoms with Gasteiger partial charge in [0.2, 0.25) is 0 Å². The van der Waals surface area contributed by atoms with E-state index in [4.69, 9.17) is 0 Å². The molecular formula is C17H30O4. The fourth-order valence-electron chi connectivity index (χ4n) is 2.27. The van der Waals surface area contributed by atoms with Gasteiger partial charge in [-0.1, -0.05) is 51.4 Å². The van der Waals surface area contributed by atoms with Crippen LogP contribution in [-0.2, 0) is 19.1 Å². The molecule has 0 bridgehead atoms. The standard InChI is InChI=1S/C17H30O4/c1-15(18)13-11-9-7-5-3-4-6-8-10-12-14-17(20)21-16(2)19/h3-14H2,1-2H3. The minimum Gasteiger partial charge on any atom is -0.393 e. The SMILES string of the molecule is CC(=O)CCCCCCCCCCCCC(=O)OC(C)=O. The van der Waals surface area contributed by atoms with Crippen LogP contribution in [0.3, 0.4) is 0 Å². The Hall–Kier alpha value is -1.19. The van der Waals surface area contributed by atoms with Crippen LogP contribution in [0, 0.1) is 0 Å². The predicted octanol–water partition coefficient (Wildman–Crippen LogP) is 4.35. The molecular weight excluding hydrogens is 268 g/mol. The molecule has 0 heterocycles. The zero-order valence-corrected chi connectivity index (χ0v) is 13.6. The van der Waals surface area contributed by atoms with Crippen molar-refractivity contribution in [3.63, 3.8) is 0 Å². The van der Waals surface area contributed by atoms with Crippen LogP contribution >= 0.6 is 0 Å². The van der Waals surface area contributed by atoms with Crippen molar-refractivity contribution in [2.45, 2.75) is 90.9 Å². The zero-order chi connectivity index (χ0) is 15.9. The third kappa shape index (κ3) is 16.8. The lowest BCUT2D eigenvalue weighted by atomic mass is 10.0. The van der Waals surface area contributed by atoms with Gasteiger partial charge in [0.25, 0.3) is 0 Å². The smallest absolute Gasteiger partial charge is 0.313 e. The van der Waals surface area contributed by atoms with Crippen molar-refractivity contribution in [2.24, 2.45) is 0 Å². The highest BCUT2D eigenvalue weighted by molar-refractivity contribution is 5.83. The number of ether oxygens (including phenoxy) is 1. The van der Waals surface area contributed by atoms with Gasteiger partial charge >= 0.3 is 11.9 Å². The third-order valence-corrected chi connectivity index (χ3v) is 3.42. The van der Waals surface area contributed by atoms with Crippen LogP contribution < -0.4 is 0 Å². The van der Waals surface area contributed by atoms with E-state index in [1.807, 2.05) is 0 Å². The van der Waals surface area contributed by atoms with Crippen molar-refractivity contribution >= 4 is 17.7 Å². The molecule has 4 nitrogen and oxygen atoms in total. The van der Waals surface area contributed by atoms with Gasteiger partial charge in [0.1, 0.15) is 5.78 Å². The first-order chi connectivity index (χ1) is 10.0. The Labute approximate surface area is 128 Å². The van der Waals surface area contributed by atoms with E-state index in [2.05, 4.69) is 4.74 Å². The fourth-order valence-corrected chi connectivity index (χ4v) is 2.27. The molecule has 0 aromatic carbocycles. The second kappa shape index (κ2) is 13.8. The second-order valence-electron chi connectivity index (χ2n) is 5.70. The fraction of sp³-hybridized carbons (Fsp3) is 0.824. The van der Waals surface area contributed by atoms with Crippen molar-refractivity contribution in [2.75, 3.05) is 0 Å². The van der Waals surface area contributed by atoms with Crippen molar-refractivity contribution in [3.05, 3.63) is 0 Å². The topological polar surface area (TPSA) is 60.4 Å². The molecule has 0 rings (SSSR count). The van der Waals surface area contributed by atoms with E-state index in [9.17, 15) is 14.4 Å². The first kappa shape index (κ1) is 19.8. The Bertz CT molecular complexity index is 310. The maximum atomic E-state index is 11.1. The van der Waals surface area contributed by atoms with E-state index in [1.54, 1.807) is 6.92 Å². The molecule has 0 saturated carbocycles. The van der Waals surface area contributed by atoms with Gasteiger partial charge in [0, 0.05) is 19.8 Å². The number of carbonyl (C=O) groups excluding carboxylic acids is 3. The first-order valence-electron chi connectivity index (χ1n) is 8.23. The molecule has 0 atom stereocenters. The summed E-state index contributed by atoms with van der Waals surface area (Å²) in [4.78, 5) is 32.4. The van der Waals surface area contributed by atoms with Crippen LogP contribution in [-0.4, -0.2) is 17.7 Å². The normalized spacial score (nSPS) is 10.4. The molecule has 0 aliphatic carbocycles. The molecule has 0 radical (unpaired) electrons. The summed E-state index contributed by atoms with van der Waals surface area (Å²) >= 11 is 0. The van der Waals surface area contributed by atoms with E-state index < -0.39 is 11.9 Å². The number of rotatable bonds is 13. The van der Waals surface area contributed by atoms with Crippen molar-refractivity contribution in [1.29, 1.82) is 0 Å². The maximum absolute atomic E-state index is 11.1. The quantitative estimate of drug-likeness (QED) is 0.288. The molecule has 21 heavy (non-hydrogen) atoms. The molecule has 0 amide bonds. The molecule has 122 valence electrons. The van der Waals surface area contributed by atoms with Crippen LogP contribution in [0.2, 0.25) is 0 Å². The number of Topliss-reactive ketones (excluding diaryl/α,β-unsaturated/α-hetero) is 1. The molecule has 0 aliphatic heterocycles. The zero-order valence-electron chi connectivity index (χ0n) is 13.6. The minimum atomic E-state index is -0.525. The molecule has 4 heteroatoms. The summed E-state index contributed by atoms with van der Waals surface area (Å²) < 4.78 is 4.46. The van der Waals surface area contributed by atoms with Gasteiger partial charge in [-0.2, -0.15) is 0 Å². The number of carbonyl (C=O) groups is 3. The van der Waals surface area contributed by atoms with Crippen LogP contribution in [0.4, 0.5) is 0 Å². The molecule has 0 unspecified atom stereocenters. The van der Waals surface area contributed by atoms with Crippen LogP contribution in [0.15, 0.2) is 0 Å². The van der Waals surface area contributed by atoms with E-state index in [0.717, 1.165) is 38.5 Å². The Kier molecular flexibility index (Phi) is 13.0. The summed E-state index contributed by atoms with van der Waals surface area (Å²) in [7, 11) is 0. The van der Waals surface area contributed by atoms with Gasteiger partial charge in [-0.3, -0.25) is 9.59 Å². The number of hydrogen-bond acceptors (Lipinski definition) is 4. The van der Waals surface area contributed by atoms with Crippen molar-refractivity contribution in [1.82, 2.24) is 0 Å². The average Bonchev–Trinajstić information content (AvgIpc) is 2.38. The van der Waals surface area contributed by atoms with Crippen molar-refractivity contribution in [3.8, 4) is 0 Å². The predicted molar refractivity (Wildman–Crippen MR) is 82.9 cm³/mol. The number of hydrogen-bond donors (Lipinski definition) is 0. The molecule has 0 aliphatic rings. The summed E-state index contributed by atoms with van der Waals surface area (Å²) in [5.41, 5.74) is 0. The van der Waals surface area contributed by atoms with E-state index >= 15 is 0 Å². The lowest BCUT2D eigenvalue weighted by Crippen LogP contribution is -2.08. The highest BCUT2D eigenvalue weighted by atomic mass is 16.6. The Morgan fingerprint density at radius 3 is 1.38 bits per heavy atom. The van der Waals surface area contributed by atoms with Gasteiger partial charge in [-0.25, -0.2) is 0 Å². The molecule has 0 aromatic rings. The summed E-state index contributed by atoms with van der Waals surface area (Å²) in [5, 5.41) is 0. The number of esters is 2. The van der Waals surface area contributed by atoms with Gasteiger partial charge in [-0.05, 0) is 19.8 Å². The first-order valence-corrected chi connectivity index (χ1v) is 8.23. The molecule has 0 fully saturated rings. The second-order valence-corrected chi connectivity index (χ2v) is 5.70. The summed E-state index contributed by atoms with van der Waals surface area (Å²) in [6, 6.07) is 0. The van der Waals surface area contributed by atoms with Crippen LogP contribution in [0.1, 0.15) is 90.9 Å². The Morgan fingerprint density at radius 1 is 0.619 bits per heavy atom. The van der Waals surface area contributed by atoms with Gasteiger partial charge in [0.05, 0.1) is 0 Å². The molecule has 0 N–H and O–H groups in total. The van der Waals surface area contributed by atoms with E-state index in [-0.39, 0.29) is 0 Å². The summed E-state index contributed by atoms with van der Waals surface area (Å²) in [6.45, 7) is 2.90. The van der Waals surface area contributed by atoms with Crippen LogP contribution in [0.5, 0.6) is 0 Å². The lowest BCUT2D eigenvalue weighted by Gasteiger charge is -2.02. The third-order valence-electron chi connectivity index (χ3n) is 3.42. The van der Waals surface area contributed by atoms with Gasteiger partial charge in [-0.15, -0.1) is 0 Å². The lowest BCUT2D eigenvalue weighted by molar-refractivity contribution is -0.158. The monoisotopic (exact) mass is 298 g/mol. The molecule has 0 aromatic heterocycles. The van der Waals surface area contributed by atoms with E-state index in [0.29, 0.717) is 12.2 Å². The van der Waals surface area contributed by atoms with Crippen LogP contribution in [0.25, 0.3) is 0 Å². The maximum Gasteiger partial charge on any atom is 0.313 e. The Balaban J connectivity index is 3.14. The highest BCUT2D eigenvalue weighted by Gasteiger charge is 2.04. The molecule has 0 spiro atoms. The highest BCUT2D eigenvalue weighted by Crippen LogP contribution is 2.12. The number of ketones is 1. The number of unbranched alkanes of at least 4 members (excludes halogenated alkanes) is 9. The van der Waals surface area contributed by atoms with Crippen molar-refractivity contribution < 1.29 is 19.1 Å². The Morgan fingerprint density at radius 2 is 1.00 bits per heavy atom. The van der Waals surface area contributed by atoms with Gasteiger partial charge in [0.15, 0.2) is 0 Å². The summed E-state index contributed by atoms with van der Waals surface area (Å²) in [6.07, 6.45) is 12.4. The average molecular weight is 298 g/mol.